The van der Waals surface area contributed by atoms with Crippen LogP contribution in [-0.4, -0.2) is 22.5 Å². The maximum Gasteiger partial charge on any atom is 0.138 e. The van der Waals surface area contributed by atoms with Gasteiger partial charge in [0.2, 0.25) is 0 Å². The zero-order chi connectivity index (χ0) is 10.4. The van der Waals surface area contributed by atoms with Crippen LogP contribution in [0, 0.1) is 0 Å². The minimum atomic E-state index is 0.454. The van der Waals surface area contributed by atoms with Crippen LogP contribution in [0.3, 0.4) is 0 Å². The molecule has 0 spiro atoms. The fourth-order valence-electron chi connectivity index (χ4n) is 1.10. The minimum Gasteiger partial charge on any atom is -0.298 e. The molecule has 0 amide bonds. The van der Waals surface area contributed by atoms with Crippen molar-refractivity contribution in [3.05, 3.63) is 24.4 Å². The molecule has 1 aromatic rings. The van der Waals surface area contributed by atoms with Gasteiger partial charge in [0, 0.05) is 23.7 Å². The average molecular weight is 228 g/mol. The summed E-state index contributed by atoms with van der Waals surface area (Å²) >= 11 is 5.99. The Balaban J connectivity index is 2.68. The number of hydrogen-bond acceptors (Lipinski definition) is 4. The highest BCUT2D eigenvalue weighted by molar-refractivity contribution is 8.01. The van der Waals surface area contributed by atoms with E-state index in [4.69, 9.17) is 0 Å². The van der Waals surface area contributed by atoms with Gasteiger partial charge in [0.25, 0.3) is 0 Å². The number of rotatable bonds is 5. The second-order valence-corrected chi connectivity index (χ2v) is 4.67. The molecule has 0 bridgehead atoms. The minimum absolute atomic E-state index is 0.454. The number of hydrogen-bond donors (Lipinski definition) is 1. The van der Waals surface area contributed by atoms with Crippen LogP contribution in [0.2, 0.25) is 0 Å². The van der Waals surface area contributed by atoms with Crippen molar-refractivity contribution in [1.82, 2.24) is 4.98 Å². The smallest absolute Gasteiger partial charge is 0.138 e. The highest BCUT2D eigenvalue weighted by Crippen LogP contribution is 2.22. The molecule has 0 saturated heterocycles. The maximum absolute atomic E-state index is 4.33. The molecule has 1 aromatic heterocycles. The quantitative estimate of drug-likeness (QED) is 0.616. The van der Waals surface area contributed by atoms with Crippen molar-refractivity contribution in [3.63, 3.8) is 0 Å². The van der Waals surface area contributed by atoms with Crippen molar-refractivity contribution in [2.24, 2.45) is 0 Å². The van der Waals surface area contributed by atoms with Crippen LogP contribution in [0.1, 0.15) is 13.8 Å². The predicted octanol–water partition coefficient (Wildman–Crippen LogP) is 2.87. The summed E-state index contributed by atoms with van der Waals surface area (Å²) in [6.07, 6.45) is 1.83. The Hall–Kier alpha value is -0.350. The lowest BCUT2D eigenvalue weighted by molar-refractivity contribution is 0.825. The van der Waals surface area contributed by atoms with Gasteiger partial charge in [-0.25, -0.2) is 4.98 Å². The second kappa shape index (κ2) is 6.19. The molecule has 1 rings (SSSR count). The first kappa shape index (κ1) is 11.7. The molecule has 1 heterocycles. The van der Waals surface area contributed by atoms with Crippen LogP contribution in [0.15, 0.2) is 24.4 Å². The van der Waals surface area contributed by atoms with E-state index in [9.17, 15) is 0 Å². The molecule has 0 saturated carbocycles. The summed E-state index contributed by atoms with van der Waals surface area (Å²) < 4.78 is 2.22. The number of pyridine rings is 1. The van der Waals surface area contributed by atoms with Crippen LogP contribution >= 0.6 is 24.6 Å². The Morgan fingerprint density at radius 2 is 2.29 bits per heavy atom. The summed E-state index contributed by atoms with van der Waals surface area (Å²) in [6, 6.07) is 6.44. The van der Waals surface area contributed by atoms with Gasteiger partial charge >= 0.3 is 0 Å². The average Bonchev–Trinajstić information content (AvgIpc) is 2.19. The summed E-state index contributed by atoms with van der Waals surface area (Å²) in [5.41, 5.74) is 0. The molecule has 0 aliphatic carbocycles. The lowest BCUT2D eigenvalue weighted by Gasteiger charge is -2.25. The maximum atomic E-state index is 4.33. The van der Waals surface area contributed by atoms with Crippen molar-refractivity contribution in [3.8, 4) is 0 Å². The molecule has 14 heavy (non-hydrogen) atoms. The lowest BCUT2D eigenvalue weighted by atomic mass is 10.4. The number of anilines is 1. The van der Waals surface area contributed by atoms with E-state index in [-0.39, 0.29) is 0 Å². The van der Waals surface area contributed by atoms with Gasteiger partial charge in [-0.15, -0.1) is 0 Å². The first-order valence-electron chi connectivity index (χ1n) is 4.69. The van der Waals surface area contributed by atoms with Gasteiger partial charge in [-0.05, 0) is 37.9 Å². The van der Waals surface area contributed by atoms with E-state index in [0.717, 1.165) is 17.3 Å². The fraction of sp³-hybridized carbons (Fsp3) is 0.500. The van der Waals surface area contributed by atoms with Crippen LogP contribution in [-0.2, 0) is 0 Å². The van der Waals surface area contributed by atoms with Crippen LogP contribution in [0.25, 0.3) is 0 Å². The Morgan fingerprint density at radius 1 is 1.50 bits per heavy atom. The first-order chi connectivity index (χ1) is 6.75. The summed E-state index contributed by atoms with van der Waals surface area (Å²) in [6.45, 7) is 4.33. The standard InChI is InChI=1S/C10H16N2S2/c1-9(2)12(14-8-7-13)10-5-3-4-6-11-10/h3-6,9,13H,7-8H2,1-2H3. The molecule has 0 radical (unpaired) electrons. The predicted molar refractivity (Wildman–Crippen MR) is 68.2 cm³/mol. The second-order valence-electron chi connectivity index (χ2n) is 3.16. The van der Waals surface area contributed by atoms with E-state index in [1.807, 2.05) is 24.4 Å². The third-order valence-corrected chi connectivity index (χ3v) is 3.47. The molecular formula is C10H16N2S2. The zero-order valence-corrected chi connectivity index (χ0v) is 10.3. The molecular weight excluding hydrogens is 212 g/mol. The van der Waals surface area contributed by atoms with Gasteiger partial charge in [0.1, 0.15) is 5.82 Å². The molecule has 0 aliphatic heterocycles. The van der Waals surface area contributed by atoms with Gasteiger partial charge in [0.05, 0.1) is 0 Å². The van der Waals surface area contributed by atoms with Crippen molar-refractivity contribution < 1.29 is 0 Å². The molecule has 78 valence electrons. The molecule has 0 aromatic carbocycles. The Kier molecular flexibility index (Phi) is 5.19. The van der Waals surface area contributed by atoms with E-state index in [0.29, 0.717) is 6.04 Å². The van der Waals surface area contributed by atoms with Gasteiger partial charge in [-0.2, -0.15) is 12.6 Å². The van der Waals surface area contributed by atoms with Gasteiger partial charge in [-0.3, -0.25) is 4.31 Å². The van der Waals surface area contributed by atoms with Crippen LogP contribution in [0.5, 0.6) is 0 Å². The highest BCUT2D eigenvalue weighted by Gasteiger charge is 2.11. The van der Waals surface area contributed by atoms with Crippen molar-refractivity contribution in [1.29, 1.82) is 0 Å². The number of thiol groups is 1. The van der Waals surface area contributed by atoms with E-state index in [1.165, 1.54) is 0 Å². The van der Waals surface area contributed by atoms with Crippen LogP contribution in [0.4, 0.5) is 5.82 Å². The van der Waals surface area contributed by atoms with Crippen molar-refractivity contribution >= 4 is 30.4 Å². The summed E-state index contributed by atoms with van der Waals surface area (Å²) in [5, 5.41) is 0. The largest absolute Gasteiger partial charge is 0.298 e. The third kappa shape index (κ3) is 3.42. The molecule has 0 N–H and O–H groups in total. The fourth-order valence-corrected chi connectivity index (χ4v) is 2.16. The monoisotopic (exact) mass is 228 g/mol. The molecule has 0 aliphatic rings. The van der Waals surface area contributed by atoms with E-state index >= 15 is 0 Å². The Labute approximate surface area is 95.6 Å². The van der Waals surface area contributed by atoms with E-state index < -0.39 is 0 Å². The lowest BCUT2D eigenvalue weighted by Crippen LogP contribution is -2.24. The van der Waals surface area contributed by atoms with Gasteiger partial charge in [-0.1, -0.05) is 6.07 Å². The van der Waals surface area contributed by atoms with E-state index in [2.05, 4.69) is 35.8 Å². The highest BCUT2D eigenvalue weighted by atomic mass is 32.2. The van der Waals surface area contributed by atoms with Gasteiger partial charge in [0.15, 0.2) is 0 Å². The molecule has 0 fully saturated rings. The van der Waals surface area contributed by atoms with Crippen molar-refractivity contribution in [2.45, 2.75) is 19.9 Å². The Bertz CT molecular complexity index is 252. The number of aromatic nitrogens is 1. The van der Waals surface area contributed by atoms with Gasteiger partial charge < -0.3 is 0 Å². The third-order valence-electron chi connectivity index (χ3n) is 1.67. The summed E-state index contributed by atoms with van der Waals surface area (Å²) in [7, 11) is 0. The zero-order valence-electron chi connectivity index (χ0n) is 8.55. The van der Waals surface area contributed by atoms with Crippen LogP contribution < -0.4 is 4.31 Å². The summed E-state index contributed by atoms with van der Waals surface area (Å²) in [4.78, 5) is 4.33. The molecule has 0 unspecified atom stereocenters. The Morgan fingerprint density at radius 3 is 2.79 bits per heavy atom. The molecule has 4 heteroatoms. The summed E-state index contributed by atoms with van der Waals surface area (Å²) in [5.74, 6) is 2.92. The SMILES string of the molecule is CC(C)N(SCCS)c1ccccn1. The van der Waals surface area contributed by atoms with Crippen molar-refractivity contribution in [2.75, 3.05) is 15.8 Å². The molecule has 0 atom stereocenters. The number of nitrogens with zero attached hydrogens (tertiary/aromatic N) is 2. The van der Waals surface area contributed by atoms with E-state index in [1.54, 1.807) is 11.9 Å². The first-order valence-corrected chi connectivity index (χ1v) is 6.27. The topological polar surface area (TPSA) is 16.1 Å². The normalized spacial score (nSPS) is 10.6. The molecule has 2 nitrogen and oxygen atoms in total.